The fourth-order valence-electron chi connectivity index (χ4n) is 2.13. The van der Waals surface area contributed by atoms with Gasteiger partial charge in [0, 0.05) is 6.54 Å². The van der Waals surface area contributed by atoms with Crippen molar-refractivity contribution in [3.63, 3.8) is 0 Å². The molecule has 18 heavy (non-hydrogen) atoms. The molecule has 2 aliphatic heterocycles. The molecule has 1 N–H and O–H groups in total. The molecule has 0 saturated carbocycles. The van der Waals surface area contributed by atoms with Crippen LogP contribution in [0.1, 0.15) is 11.6 Å². The molecular weight excluding hydrogens is 234 g/mol. The standard InChI is InChI=1S/C12H11N3O3/c13-3-4-15-6-9(14-12(15)16)8-1-2-10-11(5-8)18-7-17-10/h1-2,5,9H,4,6-7H2,(H,14,16). The van der Waals surface area contributed by atoms with E-state index in [4.69, 9.17) is 14.7 Å². The van der Waals surface area contributed by atoms with Crippen LogP contribution in [0.2, 0.25) is 0 Å². The second-order valence-electron chi connectivity index (χ2n) is 4.15. The highest BCUT2D eigenvalue weighted by Gasteiger charge is 2.30. The summed E-state index contributed by atoms with van der Waals surface area (Å²) in [6.45, 7) is 0.829. The number of ether oxygens (including phenoxy) is 2. The molecule has 3 rings (SSSR count). The number of rotatable bonds is 2. The summed E-state index contributed by atoms with van der Waals surface area (Å²) in [5.74, 6) is 1.41. The first-order valence-electron chi connectivity index (χ1n) is 5.60. The van der Waals surface area contributed by atoms with Crippen LogP contribution < -0.4 is 14.8 Å². The highest BCUT2D eigenvalue weighted by molar-refractivity contribution is 5.77. The molecule has 2 heterocycles. The zero-order chi connectivity index (χ0) is 12.5. The van der Waals surface area contributed by atoms with Gasteiger partial charge in [-0.05, 0) is 17.7 Å². The zero-order valence-electron chi connectivity index (χ0n) is 9.55. The van der Waals surface area contributed by atoms with E-state index in [0.29, 0.717) is 12.3 Å². The highest BCUT2D eigenvalue weighted by Crippen LogP contribution is 2.35. The molecule has 0 aliphatic carbocycles. The Bertz CT molecular complexity index is 538. The largest absolute Gasteiger partial charge is 0.454 e. The number of benzene rings is 1. The Morgan fingerprint density at radius 3 is 3.11 bits per heavy atom. The molecule has 0 radical (unpaired) electrons. The Morgan fingerprint density at radius 2 is 2.28 bits per heavy atom. The van der Waals surface area contributed by atoms with Gasteiger partial charge in [0.05, 0.1) is 12.1 Å². The molecule has 2 aliphatic rings. The second-order valence-corrected chi connectivity index (χ2v) is 4.15. The Hall–Kier alpha value is -2.42. The molecule has 1 fully saturated rings. The van der Waals surface area contributed by atoms with Crippen molar-refractivity contribution >= 4 is 6.03 Å². The minimum atomic E-state index is -0.209. The van der Waals surface area contributed by atoms with Crippen LogP contribution in [0.15, 0.2) is 18.2 Å². The third kappa shape index (κ3) is 1.70. The van der Waals surface area contributed by atoms with Gasteiger partial charge in [-0.25, -0.2) is 4.79 Å². The molecule has 6 heteroatoms. The van der Waals surface area contributed by atoms with Gasteiger partial charge >= 0.3 is 6.03 Å². The predicted molar refractivity (Wildman–Crippen MR) is 61.0 cm³/mol. The van der Waals surface area contributed by atoms with Crippen LogP contribution in [0.4, 0.5) is 4.79 Å². The van der Waals surface area contributed by atoms with Crippen LogP contribution in [-0.4, -0.2) is 30.8 Å². The van der Waals surface area contributed by atoms with E-state index in [0.717, 1.165) is 11.3 Å². The van der Waals surface area contributed by atoms with Gasteiger partial charge in [0.2, 0.25) is 6.79 Å². The molecule has 1 aromatic rings. The molecule has 0 spiro atoms. The molecule has 1 unspecified atom stereocenters. The summed E-state index contributed by atoms with van der Waals surface area (Å²) in [5.41, 5.74) is 0.952. The summed E-state index contributed by atoms with van der Waals surface area (Å²) in [7, 11) is 0. The Kier molecular flexibility index (Phi) is 2.45. The number of hydrogen-bond donors (Lipinski definition) is 1. The Balaban J connectivity index is 1.80. The summed E-state index contributed by atoms with van der Waals surface area (Å²) in [5, 5.41) is 11.5. The van der Waals surface area contributed by atoms with Crippen molar-refractivity contribution in [1.82, 2.24) is 10.2 Å². The smallest absolute Gasteiger partial charge is 0.318 e. The molecule has 0 bridgehead atoms. The van der Waals surface area contributed by atoms with Gasteiger partial charge in [-0.15, -0.1) is 0 Å². The third-order valence-corrected chi connectivity index (χ3v) is 3.05. The zero-order valence-corrected chi connectivity index (χ0v) is 9.55. The number of urea groups is 1. The Labute approximate surface area is 104 Å². The van der Waals surface area contributed by atoms with Crippen LogP contribution in [0.25, 0.3) is 0 Å². The maximum atomic E-state index is 11.6. The molecule has 2 amide bonds. The average molecular weight is 245 g/mol. The quantitative estimate of drug-likeness (QED) is 0.789. The van der Waals surface area contributed by atoms with Crippen molar-refractivity contribution in [2.24, 2.45) is 0 Å². The molecule has 92 valence electrons. The number of nitrogens with one attached hydrogen (secondary N) is 1. The SMILES string of the molecule is N#CCN1CC(c2ccc3c(c2)OCO3)NC1=O. The maximum absolute atomic E-state index is 11.6. The first-order chi connectivity index (χ1) is 8.78. The van der Waals surface area contributed by atoms with Crippen molar-refractivity contribution in [2.75, 3.05) is 19.9 Å². The first-order valence-corrected chi connectivity index (χ1v) is 5.60. The molecular formula is C12H11N3O3. The van der Waals surface area contributed by atoms with Crippen LogP contribution >= 0.6 is 0 Å². The van der Waals surface area contributed by atoms with E-state index in [9.17, 15) is 4.79 Å². The summed E-state index contributed by atoms with van der Waals surface area (Å²) in [4.78, 5) is 13.1. The van der Waals surface area contributed by atoms with Gasteiger partial charge in [0.1, 0.15) is 6.54 Å². The number of amides is 2. The lowest BCUT2D eigenvalue weighted by Crippen LogP contribution is -2.28. The van der Waals surface area contributed by atoms with Crippen LogP contribution in [-0.2, 0) is 0 Å². The molecule has 6 nitrogen and oxygen atoms in total. The van der Waals surface area contributed by atoms with E-state index >= 15 is 0 Å². The normalized spacial score (nSPS) is 20.7. The van der Waals surface area contributed by atoms with E-state index in [-0.39, 0.29) is 25.4 Å². The number of hydrogen-bond acceptors (Lipinski definition) is 4. The summed E-state index contributed by atoms with van der Waals surface area (Å²) >= 11 is 0. The van der Waals surface area contributed by atoms with E-state index < -0.39 is 0 Å². The number of fused-ring (bicyclic) bond motifs is 1. The van der Waals surface area contributed by atoms with Gasteiger partial charge < -0.3 is 19.7 Å². The van der Waals surface area contributed by atoms with Gasteiger partial charge in [-0.2, -0.15) is 5.26 Å². The Morgan fingerprint density at radius 1 is 1.44 bits per heavy atom. The fourth-order valence-corrected chi connectivity index (χ4v) is 2.13. The maximum Gasteiger partial charge on any atom is 0.318 e. The number of carbonyl (C=O) groups excluding carboxylic acids is 1. The minimum Gasteiger partial charge on any atom is -0.454 e. The minimum absolute atomic E-state index is 0.104. The summed E-state index contributed by atoms with van der Waals surface area (Å²) in [6.07, 6.45) is 0. The van der Waals surface area contributed by atoms with Crippen molar-refractivity contribution < 1.29 is 14.3 Å². The van der Waals surface area contributed by atoms with Crippen LogP contribution in [0, 0.1) is 11.3 Å². The third-order valence-electron chi connectivity index (χ3n) is 3.05. The first kappa shape index (κ1) is 10.7. The van der Waals surface area contributed by atoms with E-state index in [1.165, 1.54) is 4.90 Å². The topological polar surface area (TPSA) is 74.6 Å². The number of nitriles is 1. The van der Waals surface area contributed by atoms with Crippen molar-refractivity contribution in [1.29, 1.82) is 5.26 Å². The molecule has 0 aromatic heterocycles. The van der Waals surface area contributed by atoms with Gasteiger partial charge in [0.25, 0.3) is 0 Å². The summed E-state index contributed by atoms with van der Waals surface area (Å²) < 4.78 is 10.5. The van der Waals surface area contributed by atoms with Crippen molar-refractivity contribution in [3.05, 3.63) is 23.8 Å². The van der Waals surface area contributed by atoms with Crippen molar-refractivity contribution in [2.45, 2.75) is 6.04 Å². The van der Waals surface area contributed by atoms with E-state index in [2.05, 4.69) is 5.32 Å². The molecule has 1 atom stereocenters. The van der Waals surface area contributed by atoms with Crippen LogP contribution in [0.5, 0.6) is 11.5 Å². The average Bonchev–Trinajstić information content (AvgIpc) is 2.96. The predicted octanol–water partition coefficient (Wildman–Crippen LogP) is 1.01. The van der Waals surface area contributed by atoms with Crippen molar-refractivity contribution in [3.8, 4) is 17.6 Å². The molecule has 1 saturated heterocycles. The van der Waals surface area contributed by atoms with Crippen LogP contribution in [0.3, 0.4) is 0 Å². The lowest BCUT2D eigenvalue weighted by molar-refractivity contribution is 0.174. The fraction of sp³-hybridized carbons (Fsp3) is 0.333. The lowest BCUT2D eigenvalue weighted by Gasteiger charge is -2.11. The van der Waals surface area contributed by atoms with E-state index in [1.807, 2.05) is 24.3 Å². The lowest BCUT2D eigenvalue weighted by atomic mass is 10.1. The highest BCUT2D eigenvalue weighted by atomic mass is 16.7. The van der Waals surface area contributed by atoms with Gasteiger partial charge in [-0.1, -0.05) is 6.07 Å². The number of carbonyl (C=O) groups is 1. The van der Waals surface area contributed by atoms with E-state index in [1.54, 1.807) is 0 Å². The monoisotopic (exact) mass is 245 g/mol. The number of nitrogens with zero attached hydrogens (tertiary/aromatic N) is 2. The van der Waals surface area contributed by atoms with Gasteiger partial charge in [0.15, 0.2) is 11.5 Å². The summed E-state index contributed by atoms with van der Waals surface area (Å²) in [6, 6.07) is 7.25. The second kappa shape index (κ2) is 4.11. The van der Waals surface area contributed by atoms with Gasteiger partial charge in [-0.3, -0.25) is 0 Å². The molecule has 1 aromatic carbocycles.